The molecular formula is C44H27NO. The topological polar surface area (TPSA) is 14.2 Å². The van der Waals surface area contributed by atoms with Crippen molar-refractivity contribution in [1.29, 1.82) is 0 Å². The van der Waals surface area contributed by atoms with E-state index < -0.39 is 0 Å². The van der Waals surface area contributed by atoms with Crippen LogP contribution in [0.25, 0.3) is 82.4 Å². The first-order valence-electron chi connectivity index (χ1n) is 15.8. The molecular weight excluding hydrogens is 558 g/mol. The van der Waals surface area contributed by atoms with Crippen molar-refractivity contribution in [3.8, 4) is 50.6 Å². The molecule has 46 heavy (non-hydrogen) atoms. The molecule has 2 heteroatoms. The second-order valence-corrected chi connectivity index (χ2v) is 12.1. The molecule has 1 aliphatic heterocycles. The summed E-state index contributed by atoms with van der Waals surface area (Å²) in [4.78, 5) is 0. The number of aromatic nitrogens is 1. The summed E-state index contributed by atoms with van der Waals surface area (Å²) in [6.07, 6.45) is 0. The van der Waals surface area contributed by atoms with Crippen LogP contribution in [0.2, 0.25) is 0 Å². The van der Waals surface area contributed by atoms with Gasteiger partial charge in [-0.1, -0.05) is 115 Å². The molecule has 0 N–H and O–H groups in total. The van der Waals surface area contributed by atoms with E-state index in [0.717, 1.165) is 22.7 Å². The minimum absolute atomic E-state index is 0.897. The van der Waals surface area contributed by atoms with Crippen molar-refractivity contribution in [1.82, 2.24) is 4.57 Å². The van der Waals surface area contributed by atoms with Crippen molar-refractivity contribution in [3.05, 3.63) is 164 Å². The molecule has 10 rings (SSSR count). The maximum Gasteiger partial charge on any atom is 0.135 e. The third kappa shape index (κ3) is 3.71. The van der Waals surface area contributed by atoms with Crippen molar-refractivity contribution in [2.45, 2.75) is 0 Å². The molecule has 0 radical (unpaired) electrons. The van der Waals surface area contributed by atoms with Crippen LogP contribution in [0, 0.1) is 0 Å². The molecule has 0 atom stereocenters. The second kappa shape index (κ2) is 9.69. The maximum atomic E-state index is 6.41. The Labute approximate surface area is 266 Å². The number of ether oxygens (including phenoxy) is 1. The number of fused-ring (bicyclic) bond motifs is 6. The number of rotatable bonds is 3. The minimum Gasteiger partial charge on any atom is -0.456 e. The summed E-state index contributed by atoms with van der Waals surface area (Å²) in [5.74, 6) is 1.82. The van der Waals surface area contributed by atoms with E-state index in [1.807, 2.05) is 0 Å². The number of nitrogens with zero attached hydrogens (tertiary/aromatic N) is 1. The van der Waals surface area contributed by atoms with E-state index in [2.05, 4.69) is 168 Å². The van der Waals surface area contributed by atoms with Gasteiger partial charge in [-0.3, -0.25) is 0 Å². The average Bonchev–Trinajstić information content (AvgIpc) is 3.43. The lowest BCUT2D eigenvalue weighted by Crippen LogP contribution is -1.97. The van der Waals surface area contributed by atoms with Crippen molar-refractivity contribution < 1.29 is 4.74 Å². The average molecular weight is 586 g/mol. The quantitative estimate of drug-likeness (QED) is 0.201. The molecule has 1 aromatic heterocycles. The Kier molecular flexibility index (Phi) is 5.31. The second-order valence-electron chi connectivity index (χ2n) is 12.1. The Morgan fingerprint density at radius 1 is 0.370 bits per heavy atom. The van der Waals surface area contributed by atoms with Gasteiger partial charge < -0.3 is 9.30 Å². The van der Waals surface area contributed by atoms with Gasteiger partial charge in [0.15, 0.2) is 0 Å². The van der Waals surface area contributed by atoms with Gasteiger partial charge in [-0.2, -0.15) is 0 Å². The highest BCUT2D eigenvalue weighted by Crippen LogP contribution is 2.48. The Balaban J connectivity index is 1.18. The lowest BCUT2D eigenvalue weighted by Gasteiger charge is -2.22. The van der Waals surface area contributed by atoms with Crippen LogP contribution in [0.1, 0.15) is 0 Å². The van der Waals surface area contributed by atoms with Gasteiger partial charge in [-0.25, -0.2) is 0 Å². The monoisotopic (exact) mass is 585 g/mol. The lowest BCUT2D eigenvalue weighted by atomic mass is 9.89. The van der Waals surface area contributed by atoms with E-state index >= 15 is 0 Å². The number of para-hydroxylation sites is 1. The van der Waals surface area contributed by atoms with Crippen LogP contribution < -0.4 is 4.74 Å². The van der Waals surface area contributed by atoms with Crippen LogP contribution in [0.5, 0.6) is 11.5 Å². The van der Waals surface area contributed by atoms with Crippen LogP contribution in [0.4, 0.5) is 0 Å². The van der Waals surface area contributed by atoms with E-state index in [9.17, 15) is 0 Å². The van der Waals surface area contributed by atoms with Crippen LogP contribution >= 0.6 is 0 Å². The predicted octanol–water partition coefficient (Wildman–Crippen LogP) is 12.2. The van der Waals surface area contributed by atoms with Gasteiger partial charge in [-0.05, 0) is 92.5 Å². The van der Waals surface area contributed by atoms with Crippen molar-refractivity contribution in [2.75, 3.05) is 0 Å². The highest BCUT2D eigenvalue weighted by atomic mass is 16.5. The summed E-state index contributed by atoms with van der Waals surface area (Å²) in [5.41, 5.74) is 10.7. The van der Waals surface area contributed by atoms with Crippen molar-refractivity contribution >= 4 is 43.4 Å². The van der Waals surface area contributed by atoms with Gasteiger partial charge in [0.1, 0.15) is 11.5 Å². The largest absolute Gasteiger partial charge is 0.456 e. The Bertz CT molecular complexity index is 2660. The maximum absolute atomic E-state index is 6.41. The molecule has 0 spiro atoms. The molecule has 0 aliphatic carbocycles. The molecule has 214 valence electrons. The molecule has 2 nitrogen and oxygen atoms in total. The smallest absolute Gasteiger partial charge is 0.135 e. The zero-order chi connectivity index (χ0) is 30.2. The fourth-order valence-corrected chi connectivity index (χ4v) is 7.44. The predicted molar refractivity (Wildman–Crippen MR) is 192 cm³/mol. The third-order valence-corrected chi connectivity index (χ3v) is 9.55. The number of hydrogen-bond donors (Lipinski definition) is 0. The summed E-state index contributed by atoms with van der Waals surface area (Å²) in [6.45, 7) is 0. The van der Waals surface area contributed by atoms with Crippen molar-refractivity contribution in [2.24, 2.45) is 0 Å². The zero-order valence-corrected chi connectivity index (χ0v) is 24.9. The molecule has 0 saturated carbocycles. The summed E-state index contributed by atoms with van der Waals surface area (Å²) in [7, 11) is 0. The van der Waals surface area contributed by atoms with E-state index in [1.54, 1.807) is 0 Å². The highest BCUT2D eigenvalue weighted by Gasteiger charge is 2.21. The Morgan fingerprint density at radius 2 is 1.00 bits per heavy atom. The normalized spacial score (nSPS) is 12.1. The summed E-state index contributed by atoms with van der Waals surface area (Å²) >= 11 is 0. The van der Waals surface area contributed by atoms with Crippen LogP contribution in [0.3, 0.4) is 0 Å². The molecule has 0 saturated heterocycles. The fraction of sp³-hybridized carbons (Fsp3) is 0. The first kappa shape index (κ1) is 25.2. The summed E-state index contributed by atoms with van der Waals surface area (Å²) in [6, 6.07) is 59.1. The standard InChI is InChI=1S/C44H27NO/c1-2-14-33(15-3-1)45-40-27-32(20-22-36(40)38-24-29-10-4-5-11-30(29)26-41(38)45)35-17-7-6-16-34(35)31-21-23-42-39(25-31)37-18-8-12-28-13-9-19-43(46-42)44(28)37/h1-27H. The van der Waals surface area contributed by atoms with E-state index in [1.165, 1.54) is 71.2 Å². The van der Waals surface area contributed by atoms with Gasteiger partial charge in [0.05, 0.1) is 11.0 Å². The molecule has 8 aromatic carbocycles. The summed E-state index contributed by atoms with van der Waals surface area (Å²) in [5, 5.41) is 7.39. The zero-order valence-electron chi connectivity index (χ0n) is 24.9. The van der Waals surface area contributed by atoms with Crippen LogP contribution in [-0.2, 0) is 0 Å². The van der Waals surface area contributed by atoms with Crippen LogP contribution in [0.15, 0.2) is 164 Å². The molecule has 1 aliphatic rings. The number of benzene rings is 8. The Hall–Kier alpha value is -6.12. The third-order valence-electron chi connectivity index (χ3n) is 9.55. The SMILES string of the molecule is c1ccc(-n2c3cc(-c4ccccc4-c4ccc5c(c4)-c4cccc6cccc(c46)O5)ccc3c3cc4ccccc4cc32)cc1. The molecule has 9 aromatic rings. The van der Waals surface area contributed by atoms with E-state index in [0.29, 0.717) is 0 Å². The Morgan fingerprint density at radius 3 is 1.83 bits per heavy atom. The van der Waals surface area contributed by atoms with Gasteiger partial charge in [0, 0.05) is 27.4 Å². The first-order valence-corrected chi connectivity index (χ1v) is 15.8. The van der Waals surface area contributed by atoms with Gasteiger partial charge in [0.25, 0.3) is 0 Å². The van der Waals surface area contributed by atoms with Gasteiger partial charge >= 0.3 is 0 Å². The van der Waals surface area contributed by atoms with Crippen molar-refractivity contribution in [3.63, 3.8) is 0 Å². The number of hydrogen-bond acceptors (Lipinski definition) is 1. The highest BCUT2D eigenvalue weighted by molar-refractivity contribution is 6.14. The van der Waals surface area contributed by atoms with Gasteiger partial charge in [-0.15, -0.1) is 0 Å². The van der Waals surface area contributed by atoms with E-state index in [4.69, 9.17) is 4.74 Å². The van der Waals surface area contributed by atoms with E-state index in [-0.39, 0.29) is 0 Å². The fourth-order valence-electron chi connectivity index (χ4n) is 7.44. The van der Waals surface area contributed by atoms with Gasteiger partial charge in [0.2, 0.25) is 0 Å². The van der Waals surface area contributed by atoms with Crippen LogP contribution in [-0.4, -0.2) is 4.57 Å². The molecule has 0 fully saturated rings. The minimum atomic E-state index is 0.897. The molecule has 0 unspecified atom stereocenters. The lowest BCUT2D eigenvalue weighted by molar-refractivity contribution is 0.487. The molecule has 2 heterocycles. The molecule has 0 amide bonds. The first-order chi connectivity index (χ1) is 22.8. The summed E-state index contributed by atoms with van der Waals surface area (Å²) < 4.78 is 8.83. The molecule has 0 bridgehead atoms.